The van der Waals surface area contributed by atoms with Gasteiger partial charge in [-0.3, -0.25) is 0 Å². The standard InChI is InChI=1S/C11H22F3N3/c1-16(7-3-11(12,13)14)9-10-17-6-2-4-15-5-8-17/h15H,2-10H2,1H3. The summed E-state index contributed by atoms with van der Waals surface area (Å²) < 4.78 is 36.1. The van der Waals surface area contributed by atoms with E-state index in [2.05, 4.69) is 10.2 Å². The summed E-state index contributed by atoms with van der Waals surface area (Å²) in [5, 5.41) is 3.31. The first-order valence-electron chi connectivity index (χ1n) is 6.16. The molecule has 1 aliphatic rings. The number of hydrogen-bond acceptors (Lipinski definition) is 3. The zero-order valence-corrected chi connectivity index (χ0v) is 10.4. The lowest BCUT2D eigenvalue weighted by atomic mass is 10.3. The summed E-state index contributed by atoms with van der Waals surface area (Å²) in [5.74, 6) is 0. The number of rotatable bonds is 5. The minimum atomic E-state index is -4.04. The van der Waals surface area contributed by atoms with E-state index in [0.717, 1.165) is 39.1 Å². The van der Waals surface area contributed by atoms with E-state index in [9.17, 15) is 13.2 Å². The van der Waals surface area contributed by atoms with Crippen LogP contribution in [0.4, 0.5) is 13.2 Å². The van der Waals surface area contributed by atoms with Gasteiger partial charge in [-0.15, -0.1) is 0 Å². The van der Waals surface area contributed by atoms with E-state index in [1.54, 1.807) is 11.9 Å². The smallest absolute Gasteiger partial charge is 0.315 e. The van der Waals surface area contributed by atoms with Gasteiger partial charge in [0.1, 0.15) is 0 Å². The lowest BCUT2D eigenvalue weighted by Crippen LogP contribution is -2.36. The Balaban J connectivity index is 2.11. The molecule has 102 valence electrons. The van der Waals surface area contributed by atoms with Crippen molar-refractivity contribution in [3.8, 4) is 0 Å². The normalized spacial score (nSPS) is 19.6. The molecule has 17 heavy (non-hydrogen) atoms. The van der Waals surface area contributed by atoms with Crippen molar-refractivity contribution in [2.45, 2.75) is 19.0 Å². The van der Waals surface area contributed by atoms with Gasteiger partial charge < -0.3 is 15.1 Å². The topological polar surface area (TPSA) is 18.5 Å². The van der Waals surface area contributed by atoms with E-state index in [1.165, 1.54) is 0 Å². The van der Waals surface area contributed by atoms with Gasteiger partial charge >= 0.3 is 6.18 Å². The van der Waals surface area contributed by atoms with Crippen LogP contribution in [0.25, 0.3) is 0 Å². The first kappa shape index (κ1) is 14.7. The summed E-state index contributed by atoms with van der Waals surface area (Å²) in [6, 6.07) is 0. The van der Waals surface area contributed by atoms with Crippen LogP contribution in [0.15, 0.2) is 0 Å². The Morgan fingerprint density at radius 3 is 2.65 bits per heavy atom. The molecule has 0 radical (unpaired) electrons. The van der Waals surface area contributed by atoms with Crippen molar-refractivity contribution in [2.24, 2.45) is 0 Å². The largest absolute Gasteiger partial charge is 0.390 e. The van der Waals surface area contributed by atoms with Crippen molar-refractivity contribution in [3.63, 3.8) is 0 Å². The van der Waals surface area contributed by atoms with E-state index < -0.39 is 12.6 Å². The molecule has 1 rings (SSSR count). The third-order valence-electron chi connectivity index (χ3n) is 3.01. The van der Waals surface area contributed by atoms with E-state index in [0.29, 0.717) is 6.54 Å². The molecule has 1 fully saturated rings. The maximum Gasteiger partial charge on any atom is 0.390 e. The molecule has 0 aromatic carbocycles. The Hall–Kier alpha value is -0.330. The second-order valence-corrected chi connectivity index (χ2v) is 4.61. The van der Waals surface area contributed by atoms with Crippen LogP contribution in [-0.4, -0.2) is 68.8 Å². The van der Waals surface area contributed by atoms with Gasteiger partial charge in [0.15, 0.2) is 0 Å². The monoisotopic (exact) mass is 253 g/mol. The van der Waals surface area contributed by atoms with Crippen LogP contribution < -0.4 is 5.32 Å². The summed E-state index contributed by atoms with van der Waals surface area (Å²) in [6.07, 6.45) is -3.64. The zero-order chi connectivity index (χ0) is 12.7. The highest BCUT2D eigenvalue weighted by Crippen LogP contribution is 2.19. The molecule has 0 aromatic rings. The number of nitrogens with zero attached hydrogens (tertiary/aromatic N) is 2. The van der Waals surface area contributed by atoms with Crippen molar-refractivity contribution in [3.05, 3.63) is 0 Å². The van der Waals surface area contributed by atoms with Gasteiger partial charge in [-0.1, -0.05) is 0 Å². The Kier molecular flexibility index (Phi) is 6.22. The fraction of sp³-hybridized carbons (Fsp3) is 1.00. The number of halogens is 3. The van der Waals surface area contributed by atoms with Gasteiger partial charge in [0.2, 0.25) is 0 Å². The third kappa shape index (κ3) is 7.57. The molecule has 6 heteroatoms. The average molecular weight is 253 g/mol. The maximum atomic E-state index is 12.0. The second kappa shape index (κ2) is 7.18. The van der Waals surface area contributed by atoms with Gasteiger partial charge in [0, 0.05) is 32.7 Å². The molecular weight excluding hydrogens is 231 g/mol. The van der Waals surface area contributed by atoms with Crippen LogP contribution >= 0.6 is 0 Å². The predicted octanol–water partition coefficient (Wildman–Crippen LogP) is 1.17. The zero-order valence-electron chi connectivity index (χ0n) is 10.4. The Labute approximate surface area is 101 Å². The first-order valence-corrected chi connectivity index (χ1v) is 6.16. The molecule has 0 bridgehead atoms. The second-order valence-electron chi connectivity index (χ2n) is 4.61. The van der Waals surface area contributed by atoms with Crippen molar-refractivity contribution in [1.82, 2.24) is 15.1 Å². The van der Waals surface area contributed by atoms with Crippen molar-refractivity contribution >= 4 is 0 Å². The molecule has 0 saturated carbocycles. The molecule has 1 N–H and O–H groups in total. The fourth-order valence-corrected chi connectivity index (χ4v) is 1.87. The van der Waals surface area contributed by atoms with Crippen LogP contribution in [-0.2, 0) is 0 Å². The molecule has 1 saturated heterocycles. The molecule has 0 atom stereocenters. The van der Waals surface area contributed by atoms with Crippen LogP contribution in [0.1, 0.15) is 12.8 Å². The minimum absolute atomic E-state index is 0.0928. The predicted molar refractivity (Wildman–Crippen MR) is 62.1 cm³/mol. The highest BCUT2D eigenvalue weighted by atomic mass is 19.4. The molecule has 0 aromatic heterocycles. The Morgan fingerprint density at radius 2 is 1.94 bits per heavy atom. The Bertz CT molecular complexity index is 201. The number of hydrogen-bond donors (Lipinski definition) is 1. The van der Waals surface area contributed by atoms with Gasteiger partial charge in [-0.2, -0.15) is 13.2 Å². The highest BCUT2D eigenvalue weighted by Gasteiger charge is 2.27. The van der Waals surface area contributed by atoms with Crippen molar-refractivity contribution in [1.29, 1.82) is 0 Å². The molecule has 0 unspecified atom stereocenters. The number of nitrogens with one attached hydrogen (secondary N) is 1. The lowest BCUT2D eigenvalue weighted by Gasteiger charge is -2.24. The maximum absolute atomic E-state index is 12.0. The fourth-order valence-electron chi connectivity index (χ4n) is 1.87. The summed E-state index contributed by atoms with van der Waals surface area (Å²) in [6.45, 7) is 5.71. The third-order valence-corrected chi connectivity index (χ3v) is 3.01. The quantitative estimate of drug-likeness (QED) is 0.793. The van der Waals surface area contributed by atoms with E-state index in [1.807, 2.05) is 0 Å². The molecule has 0 aliphatic carbocycles. The van der Waals surface area contributed by atoms with Crippen LogP contribution in [0.2, 0.25) is 0 Å². The number of alkyl halides is 3. The van der Waals surface area contributed by atoms with Crippen LogP contribution in [0.5, 0.6) is 0 Å². The lowest BCUT2D eigenvalue weighted by molar-refractivity contribution is -0.137. The Morgan fingerprint density at radius 1 is 1.18 bits per heavy atom. The molecule has 1 heterocycles. The van der Waals surface area contributed by atoms with E-state index in [-0.39, 0.29) is 6.54 Å². The molecule has 3 nitrogen and oxygen atoms in total. The molecule has 0 amide bonds. The molecule has 0 spiro atoms. The average Bonchev–Trinajstić information content (AvgIpc) is 2.51. The van der Waals surface area contributed by atoms with Crippen LogP contribution in [0.3, 0.4) is 0 Å². The first-order chi connectivity index (χ1) is 7.97. The van der Waals surface area contributed by atoms with Gasteiger partial charge in [0.25, 0.3) is 0 Å². The SMILES string of the molecule is CN(CCN1CCCNCC1)CCC(F)(F)F. The molecular formula is C11H22F3N3. The highest BCUT2D eigenvalue weighted by molar-refractivity contribution is 4.67. The summed E-state index contributed by atoms with van der Waals surface area (Å²) in [4.78, 5) is 4.07. The number of likely N-dealkylation sites (N-methyl/N-ethyl adjacent to an activating group) is 1. The van der Waals surface area contributed by atoms with Gasteiger partial charge in [-0.05, 0) is 26.6 Å². The minimum Gasteiger partial charge on any atom is -0.315 e. The summed E-state index contributed by atoms with van der Waals surface area (Å²) in [7, 11) is 1.75. The summed E-state index contributed by atoms with van der Waals surface area (Å²) in [5.41, 5.74) is 0. The molecule has 1 aliphatic heterocycles. The van der Waals surface area contributed by atoms with Gasteiger partial charge in [-0.25, -0.2) is 0 Å². The van der Waals surface area contributed by atoms with E-state index >= 15 is 0 Å². The van der Waals surface area contributed by atoms with Crippen molar-refractivity contribution < 1.29 is 13.2 Å². The van der Waals surface area contributed by atoms with Crippen molar-refractivity contribution in [2.75, 3.05) is 52.9 Å². The van der Waals surface area contributed by atoms with Crippen LogP contribution in [0, 0.1) is 0 Å². The summed E-state index contributed by atoms with van der Waals surface area (Å²) >= 11 is 0. The van der Waals surface area contributed by atoms with E-state index in [4.69, 9.17) is 0 Å². The van der Waals surface area contributed by atoms with Gasteiger partial charge in [0.05, 0.1) is 6.42 Å².